The van der Waals surface area contributed by atoms with Crippen LogP contribution in [0.3, 0.4) is 0 Å². The number of rotatable bonds is 6. The first-order chi connectivity index (χ1) is 12.5. The third kappa shape index (κ3) is 3.91. The van der Waals surface area contributed by atoms with Gasteiger partial charge in [0.15, 0.2) is 0 Å². The summed E-state index contributed by atoms with van der Waals surface area (Å²) >= 11 is 6.07. The normalized spacial score (nSPS) is 18.3. The Balaban J connectivity index is 1.65. The van der Waals surface area contributed by atoms with Crippen molar-refractivity contribution in [1.29, 1.82) is 0 Å². The predicted octanol–water partition coefficient (Wildman–Crippen LogP) is 4.68. The van der Waals surface area contributed by atoms with Crippen molar-refractivity contribution < 1.29 is 9.59 Å². The Kier molecular flexibility index (Phi) is 5.62. The van der Waals surface area contributed by atoms with E-state index in [2.05, 4.69) is 24.5 Å². The van der Waals surface area contributed by atoms with Crippen molar-refractivity contribution in [2.24, 2.45) is 11.8 Å². The number of hydrogen-bond acceptors (Lipinski definition) is 2. The first kappa shape index (κ1) is 18.5. The second-order valence-corrected chi connectivity index (χ2v) is 6.97. The first-order valence-electron chi connectivity index (χ1n) is 9.02. The van der Waals surface area contributed by atoms with Gasteiger partial charge in [-0.2, -0.15) is 0 Å². The van der Waals surface area contributed by atoms with E-state index in [-0.39, 0.29) is 23.7 Å². The van der Waals surface area contributed by atoms with Gasteiger partial charge in [-0.3, -0.25) is 9.59 Å². The summed E-state index contributed by atoms with van der Waals surface area (Å²) in [6, 6.07) is 13.2. The van der Waals surface area contributed by atoms with Crippen molar-refractivity contribution in [2.45, 2.75) is 33.1 Å². The number of amides is 2. The van der Waals surface area contributed by atoms with E-state index in [4.69, 9.17) is 11.6 Å². The van der Waals surface area contributed by atoms with Crippen LogP contribution >= 0.6 is 11.6 Å². The zero-order valence-electron chi connectivity index (χ0n) is 15.0. The van der Waals surface area contributed by atoms with E-state index >= 15 is 0 Å². The van der Waals surface area contributed by atoms with E-state index < -0.39 is 0 Å². The lowest BCUT2D eigenvalue weighted by Crippen LogP contribution is -2.21. The Morgan fingerprint density at radius 3 is 2.08 bits per heavy atom. The van der Waals surface area contributed by atoms with Gasteiger partial charge in [-0.05, 0) is 42.5 Å². The standard InChI is InChI=1S/C21H23ClN2O2/c1-3-13-8-7-9-14(4-2)19(13)24-21(26)16-12-15(16)20(25)23-18-11-6-5-10-17(18)22/h5-11,15-16H,3-4,12H2,1-2H3,(H,23,25)(H,24,26). The molecule has 1 saturated carbocycles. The molecule has 2 amide bonds. The molecular formula is C21H23ClN2O2. The molecule has 0 heterocycles. The van der Waals surface area contributed by atoms with Crippen molar-refractivity contribution in [3.8, 4) is 0 Å². The highest BCUT2D eigenvalue weighted by Gasteiger charge is 2.48. The largest absolute Gasteiger partial charge is 0.325 e. The minimum absolute atomic E-state index is 0.0834. The summed E-state index contributed by atoms with van der Waals surface area (Å²) in [7, 11) is 0. The molecule has 2 N–H and O–H groups in total. The highest BCUT2D eigenvalue weighted by Crippen LogP contribution is 2.41. The Morgan fingerprint density at radius 1 is 0.923 bits per heavy atom. The van der Waals surface area contributed by atoms with Gasteiger partial charge in [0.05, 0.1) is 22.5 Å². The first-order valence-corrected chi connectivity index (χ1v) is 9.40. The van der Waals surface area contributed by atoms with Crippen molar-refractivity contribution in [3.05, 3.63) is 58.6 Å². The monoisotopic (exact) mass is 370 g/mol. The number of aryl methyl sites for hydroxylation is 2. The minimum Gasteiger partial charge on any atom is -0.325 e. The molecule has 0 aliphatic heterocycles. The molecule has 136 valence electrons. The highest BCUT2D eigenvalue weighted by molar-refractivity contribution is 6.33. The van der Waals surface area contributed by atoms with Gasteiger partial charge in [0.25, 0.3) is 0 Å². The van der Waals surface area contributed by atoms with Crippen LogP contribution in [0.25, 0.3) is 0 Å². The second kappa shape index (κ2) is 7.92. The van der Waals surface area contributed by atoms with Gasteiger partial charge in [-0.25, -0.2) is 0 Å². The maximum absolute atomic E-state index is 12.6. The fourth-order valence-electron chi connectivity index (χ4n) is 3.18. The Morgan fingerprint density at radius 2 is 1.50 bits per heavy atom. The van der Waals surface area contributed by atoms with Gasteiger partial charge >= 0.3 is 0 Å². The van der Waals surface area contributed by atoms with Crippen LogP contribution < -0.4 is 10.6 Å². The molecule has 0 bridgehead atoms. The Labute approximate surface area is 158 Å². The van der Waals surface area contributed by atoms with E-state index in [1.807, 2.05) is 30.3 Å². The molecule has 3 rings (SSSR count). The lowest BCUT2D eigenvalue weighted by molar-refractivity contribution is -0.122. The molecule has 26 heavy (non-hydrogen) atoms. The van der Waals surface area contributed by atoms with E-state index in [9.17, 15) is 9.59 Å². The fourth-order valence-corrected chi connectivity index (χ4v) is 3.36. The number of nitrogens with one attached hydrogen (secondary N) is 2. The molecule has 2 aromatic carbocycles. The number of carbonyl (C=O) groups excluding carboxylic acids is 2. The average Bonchev–Trinajstić information content (AvgIpc) is 3.45. The maximum Gasteiger partial charge on any atom is 0.228 e. The number of para-hydroxylation sites is 2. The van der Waals surface area contributed by atoms with Gasteiger partial charge in [-0.1, -0.05) is 55.8 Å². The molecule has 1 fully saturated rings. The summed E-state index contributed by atoms with van der Waals surface area (Å²) in [6.45, 7) is 4.14. The molecule has 0 spiro atoms. The van der Waals surface area contributed by atoms with Crippen LogP contribution in [0.1, 0.15) is 31.4 Å². The van der Waals surface area contributed by atoms with Crippen LogP contribution in [-0.4, -0.2) is 11.8 Å². The molecule has 1 aliphatic rings. The molecule has 4 nitrogen and oxygen atoms in total. The summed E-state index contributed by atoms with van der Waals surface area (Å²) in [5.74, 6) is -0.824. The summed E-state index contributed by atoms with van der Waals surface area (Å²) < 4.78 is 0. The summed E-state index contributed by atoms with van der Waals surface area (Å²) in [5.41, 5.74) is 3.72. The predicted molar refractivity (Wildman–Crippen MR) is 106 cm³/mol. The molecular weight excluding hydrogens is 348 g/mol. The highest BCUT2D eigenvalue weighted by atomic mass is 35.5. The van der Waals surface area contributed by atoms with Gasteiger partial charge in [0.2, 0.25) is 11.8 Å². The molecule has 0 aromatic heterocycles. The molecule has 0 radical (unpaired) electrons. The van der Waals surface area contributed by atoms with Crippen molar-refractivity contribution in [3.63, 3.8) is 0 Å². The van der Waals surface area contributed by atoms with Crippen LogP contribution in [0.4, 0.5) is 11.4 Å². The molecule has 5 heteroatoms. The maximum atomic E-state index is 12.6. The third-order valence-electron chi connectivity index (χ3n) is 4.84. The number of halogens is 1. The number of benzene rings is 2. The van der Waals surface area contributed by atoms with E-state index in [0.717, 1.165) is 29.7 Å². The second-order valence-electron chi connectivity index (χ2n) is 6.57. The fraction of sp³-hybridized carbons (Fsp3) is 0.333. The lowest BCUT2D eigenvalue weighted by atomic mass is 10.0. The SMILES string of the molecule is CCc1cccc(CC)c1NC(=O)C1CC1C(=O)Nc1ccccc1Cl. The number of hydrogen-bond donors (Lipinski definition) is 2. The Bertz CT molecular complexity index is 812. The van der Waals surface area contributed by atoms with Crippen LogP contribution in [0.15, 0.2) is 42.5 Å². The summed E-state index contributed by atoms with van der Waals surface area (Å²) in [5, 5.41) is 6.37. The lowest BCUT2D eigenvalue weighted by Gasteiger charge is -2.14. The van der Waals surface area contributed by atoms with Gasteiger partial charge in [-0.15, -0.1) is 0 Å². The van der Waals surface area contributed by atoms with E-state index in [1.54, 1.807) is 12.1 Å². The van der Waals surface area contributed by atoms with Gasteiger partial charge < -0.3 is 10.6 Å². The molecule has 2 unspecified atom stereocenters. The minimum atomic E-state index is -0.301. The van der Waals surface area contributed by atoms with Crippen LogP contribution in [0.5, 0.6) is 0 Å². The van der Waals surface area contributed by atoms with Crippen molar-refractivity contribution in [2.75, 3.05) is 10.6 Å². The van der Waals surface area contributed by atoms with Crippen LogP contribution in [0.2, 0.25) is 5.02 Å². The molecule has 2 atom stereocenters. The summed E-state index contributed by atoms with van der Waals surface area (Å²) in [4.78, 5) is 25.0. The quantitative estimate of drug-likeness (QED) is 0.775. The van der Waals surface area contributed by atoms with Crippen molar-refractivity contribution in [1.82, 2.24) is 0 Å². The molecule has 0 saturated heterocycles. The zero-order valence-corrected chi connectivity index (χ0v) is 15.8. The van der Waals surface area contributed by atoms with E-state index in [0.29, 0.717) is 17.1 Å². The van der Waals surface area contributed by atoms with Gasteiger partial charge in [0, 0.05) is 5.69 Å². The third-order valence-corrected chi connectivity index (χ3v) is 5.17. The van der Waals surface area contributed by atoms with Gasteiger partial charge in [0.1, 0.15) is 0 Å². The Hall–Kier alpha value is -2.33. The molecule has 2 aromatic rings. The average molecular weight is 371 g/mol. The number of anilines is 2. The van der Waals surface area contributed by atoms with Crippen LogP contribution in [-0.2, 0) is 22.4 Å². The van der Waals surface area contributed by atoms with E-state index in [1.165, 1.54) is 0 Å². The smallest absolute Gasteiger partial charge is 0.228 e. The number of carbonyl (C=O) groups is 2. The molecule has 1 aliphatic carbocycles. The zero-order chi connectivity index (χ0) is 18.7. The van der Waals surface area contributed by atoms with Crippen molar-refractivity contribution >= 4 is 34.8 Å². The summed E-state index contributed by atoms with van der Waals surface area (Å²) in [6.07, 6.45) is 2.27. The van der Waals surface area contributed by atoms with Crippen LogP contribution in [0, 0.1) is 11.8 Å². The topological polar surface area (TPSA) is 58.2 Å².